The van der Waals surface area contributed by atoms with E-state index in [1.54, 1.807) is 24.1 Å². The van der Waals surface area contributed by atoms with Crippen LogP contribution in [-0.4, -0.2) is 67.9 Å². The second-order valence-electron chi connectivity index (χ2n) is 7.77. The van der Waals surface area contributed by atoms with Gasteiger partial charge in [-0.1, -0.05) is 5.16 Å². The maximum absolute atomic E-state index is 12.9. The number of hydrogen-bond acceptors (Lipinski definition) is 7. The third-order valence-corrected chi connectivity index (χ3v) is 5.89. The predicted molar refractivity (Wildman–Crippen MR) is 91.4 cm³/mol. The molecule has 0 spiro atoms. The van der Waals surface area contributed by atoms with Crippen LogP contribution in [-0.2, 0) is 10.2 Å². The Bertz CT molecular complexity index is 896. The van der Waals surface area contributed by atoms with E-state index in [0.29, 0.717) is 43.6 Å². The third-order valence-electron chi connectivity index (χ3n) is 5.89. The summed E-state index contributed by atoms with van der Waals surface area (Å²) in [6.45, 7) is 3.89. The zero-order valence-corrected chi connectivity index (χ0v) is 15.0. The molecular formula is C18H20N6O3. The minimum Gasteiger partial charge on any atom is -0.341 e. The van der Waals surface area contributed by atoms with Gasteiger partial charge in [0.25, 0.3) is 5.91 Å². The van der Waals surface area contributed by atoms with Crippen molar-refractivity contribution >= 4 is 11.8 Å². The lowest BCUT2D eigenvalue weighted by molar-refractivity contribution is -0.131. The first-order valence-corrected chi connectivity index (χ1v) is 9.22. The van der Waals surface area contributed by atoms with Crippen LogP contribution in [0.1, 0.15) is 35.0 Å². The molecule has 2 atom stereocenters. The number of aryl methyl sites for hydroxylation is 1. The molecule has 3 aliphatic rings. The van der Waals surface area contributed by atoms with Crippen molar-refractivity contribution in [3.8, 4) is 0 Å². The normalized spacial score (nSPS) is 27.1. The van der Waals surface area contributed by atoms with Crippen molar-refractivity contribution in [3.05, 3.63) is 36.0 Å². The molecule has 0 bridgehead atoms. The summed E-state index contributed by atoms with van der Waals surface area (Å²) in [5.41, 5.74) is -0.137. The van der Waals surface area contributed by atoms with E-state index in [0.717, 1.165) is 12.8 Å². The van der Waals surface area contributed by atoms with Crippen LogP contribution in [0, 0.1) is 18.8 Å². The molecule has 1 aliphatic carbocycles. The molecule has 0 unspecified atom stereocenters. The van der Waals surface area contributed by atoms with E-state index >= 15 is 0 Å². The molecule has 27 heavy (non-hydrogen) atoms. The summed E-state index contributed by atoms with van der Waals surface area (Å²) >= 11 is 0. The molecule has 3 fully saturated rings. The van der Waals surface area contributed by atoms with Crippen molar-refractivity contribution < 1.29 is 14.1 Å². The smallest absolute Gasteiger partial charge is 0.272 e. The Kier molecular flexibility index (Phi) is 3.53. The van der Waals surface area contributed by atoms with E-state index in [2.05, 4.69) is 20.1 Å². The first-order valence-electron chi connectivity index (χ1n) is 9.22. The average Bonchev–Trinajstić information content (AvgIpc) is 3.18. The minimum atomic E-state index is -0.505. The zero-order valence-electron chi connectivity index (χ0n) is 15.0. The van der Waals surface area contributed by atoms with Gasteiger partial charge in [0.05, 0.1) is 5.41 Å². The molecule has 0 aromatic carbocycles. The summed E-state index contributed by atoms with van der Waals surface area (Å²) in [7, 11) is 0. The van der Waals surface area contributed by atoms with Crippen LogP contribution in [0.2, 0.25) is 0 Å². The van der Waals surface area contributed by atoms with Crippen LogP contribution in [0.5, 0.6) is 0 Å². The van der Waals surface area contributed by atoms with E-state index in [1.165, 1.54) is 6.33 Å². The lowest BCUT2D eigenvalue weighted by atomic mass is 9.81. The summed E-state index contributed by atoms with van der Waals surface area (Å²) in [6.07, 6.45) is 4.89. The van der Waals surface area contributed by atoms with Crippen LogP contribution in [0.25, 0.3) is 0 Å². The van der Waals surface area contributed by atoms with E-state index in [4.69, 9.17) is 4.52 Å². The Morgan fingerprint density at radius 2 is 2.00 bits per heavy atom. The summed E-state index contributed by atoms with van der Waals surface area (Å²) in [5, 5.41) is 3.95. The number of carbonyl (C=O) groups is 2. The molecule has 2 aliphatic heterocycles. The van der Waals surface area contributed by atoms with Gasteiger partial charge in [-0.3, -0.25) is 9.59 Å². The maximum atomic E-state index is 12.9. The van der Waals surface area contributed by atoms with Gasteiger partial charge in [-0.2, -0.15) is 4.98 Å². The van der Waals surface area contributed by atoms with Crippen LogP contribution in [0.3, 0.4) is 0 Å². The van der Waals surface area contributed by atoms with Crippen molar-refractivity contribution in [2.24, 2.45) is 11.8 Å². The van der Waals surface area contributed by atoms with E-state index in [9.17, 15) is 9.59 Å². The van der Waals surface area contributed by atoms with E-state index < -0.39 is 5.41 Å². The highest BCUT2D eigenvalue weighted by molar-refractivity contribution is 5.92. The van der Waals surface area contributed by atoms with Gasteiger partial charge in [0, 0.05) is 44.2 Å². The molecule has 140 valence electrons. The summed E-state index contributed by atoms with van der Waals surface area (Å²) < 4.78 is 5.53. The van der Waals surface area contributed by atoms with Gasteiger partial charge >= 0.3 is 0 Å². The van der Waals surface area contributed by atoms with Gasteiger partial charge in [0.15, 0.2) is 5.82 Å². The molecule has 0 N–H and O–H groups in total. The van der Waals surface area contributed by atoms with Crippen molar-refractivity contribution in [1.82, 2.24) is 29.9 Å². The Morgan fingerprint density at radius 1 is 1.22 bits per heavy atom. The first-order chi connectivity index (χ1) is 13.1. The monoisotopic (exact) mass is 368 g/mol. The molecule has 2 amide bonds. The lowest BCUT2D eigenvalue weighted by Gasteiger charge is -2.26. The standard InChI is InChI=1S/C18H20N6O3/c1-11-21-17(27-22-11)18-8-23(15(25)12-2-3-12)6-13(18)7-24(9-18)16(26)14-4-5-19-10-20-14/h4-5,10,12-13H,2-3,6-9H2,1H3/t13-,18-/m1/s1. The third kappa shape index (κ3) is 2.60. The van der Waals surface area contributed by atoms with Crippen molar-refractivity contribution in [2.75, 3.05) is 26.2 Å². The highest BCUT2D eigenvalue weighted by Gasteiger charge is 2.59. The van der Waals surface area contributed by atoms with Crippen LogP contribution < -0.4 is 0 Å². The number of aromatic nitrogens is 4. The molecule has 4 heterocycles. The zero-order chi connectivity index (χ0) is 18.6. The van der Waals surface area contributed by atoms with Gasteiger partial charge in [-0.25, -0.2) is 9.97 Å². The van der Waals surface area contributed by atoms with Gasteiger partial charge < -0.3 is 14.3 Å². The van der Waals surface area contributed by atoms with Crippen molar-refractivity contribution in [2.45, 2.75) is 25.2 Å². The molecule has 2 aromatic heterocycles. The quantitative estimate of drug-likeness (QED) is 0.773. The fourth-order valence-corrected chi connectivity index (χ4v) is 4.36. The summed E-state index contributed by atoms with van der Waals surface area (Å²) in [4.78, 5) is 41.6. The molecule has 2 aromatic rings. The Morgan fingerprint density at radius 3 is 2.67 bits per heavy atom. The number of hydrogen-bond donors (Lipinski definition) is 0. The number of rotatable bonds is 3. The highest BCUT2D eigenvalue weighted by Crippen LogP contribution is 2.46. The Labute approximate surface area is 155 Å². The van der Waals surface area contributed by atoms with Crippen molar-refractivity contribution in [1.29, 1.82) is 0 Å². The molecular weight excluding hydrogens is 348 g/mol. The number of likely N-dealkylation sites (tertiary alicyclic amines) is 2. The number of carbonyl (C=O) groups excluding carboxylic acids is 2. The molecule has 2 saturated heterocycles. The molecule has 0 radical (unpaired) electrons. The molecule has 9 nitrogen and oxygen atoms in total. The fourth-order valence-electron chi connectivity index (χ4n) is 4.36. The maximum Gasteiger partial charge on any atom is 0.272 e. The van der Waals surface area contributed by atoms with Crippen LogP contribution >= 0.6 is 0 Å². The lowest BCUT2D eigenvalue weighted by Crippen LogP contribution is -2.41. The molecule has 5 rings (SSSR count). The van der Waals surface area contributed by atoms with E-state index in [-0.39, 0.29) is 23.7 Å². The minimum absolute atomic E-state index is 0.0748. The summed E-state index contributed by atoms with van der Waals surface area (Å²) in [6, 6.07) is 1.61. The number of nitrogens with zero attached hydrogens (tertiary/aromatic N) is 6. The van der Waals surface area contributed by atoms with Gasteiger partial charge in [-0.05, 0) is 25.8 Å². The largest absolute Gasteiger partial charge is 0.341 e. The SMILES string of the molecule is Cc1noc([C@]23CN(C(=O)c4ccncn4)C[C@H]2CN(C(=O)C2CC2)C3)n1. The number of amides is 2. The average molecular weight is 368 g/mol. The van der Waals surface area contributed by atoms with Crippen LogP contribution in [0.15, 0.2) is 23.1 Å². The van der Waals surface area contributed by atoms with Gasteiger partial charge in [0.2, 0.25) is 11.8 Å². The number of fused-ring (bicyclic) bond motifs is 1. The van der Waals surface area contributed by atoms with Crippen LogP contribution in [0.4, 0.5) is 0 Å². The van der Waals surface area contributed by atoms with Gasteiger partial charge in [-0.15, -0.1) is 0 Å². The second-order valence-corrected chi connectivity index (χ2v) is 7.77. The fraction of sp³-hybridized carbons (Fsp3) is 0.556. The Balaban J connectivity index is 1.45. The Hall–Kier alpha value is -2.84. The summed E-state index contributed by atoms with van der Waals surface area (Å²) in [5.74, 6) is 1.41. The first kappa shape index (κ1) is 16.3. The molecule has 9 heteroatoms. The highest BCUT2D eigenvalue weighted by atomic mass is 16.5. The van der Waals surface area contributed by atoms with E-state index in [1.807, 2.05) is 4.90 Å². The molecule has 1 saturated carbocycles. The predicted octanol–water partition coefficient (Wildman–Crippen LogP) is 0.430. The second kappa shape index (κ2) is 5.83. The van der Waals surface area contributed by atoms with Gasteiger partial charge in [0.1, 0.15) is 12.0 Å². The van der Waals surface area contributed by atoms with Crippen molar-refractivity contribution in [3.63, 3.8) is 0 Å². The topological polar surface area (TPSA) is 105 Å².